The summed E-state index contributed by atoms with van der Waals surface area (Å²) in [6, 6.07) is 14.7. The Labute approximate surface area is 459 Å². The lowest BCUT2D eigenvalue weighted by Gasteiger charge is -2.33. The van der Waals surface area contributed by atoms with Crippen molar-refractivity contribution in [1.82, 2.24) is 39.2 Å². The van der Waals surface area contributed by atoms with Crippen LogP contribution in [0.2, 0.25) is 10.0 Å². The molecule has 2 aromatic heterocycles. The number of benzene rings is 2. The first-order valence-electron chi connectivity index (χ1n) is 24.5. The maximum Gasteiger partial charge on any atom is 0.410 e. The molecule has 4 fully saturated rings. The fraction of sp³-hybridized carbons (Fsp3) is 0.547. The van der Waals surface area contributed by atoms with Crippen LogP contribution in [0.25, 0.3) is 0 Å². The molecule has 404 valence electrons. The van der Waals surface area contributed by atoms with E-state index in [2.05, 4.69) is 38.1 Å². The van der Waals surface area contributed by atoms with E-state index in [-0.39, 0.29) is 79.2 Å². The molecule has 18 nitrogen and oxygen atoms in total. The van der Waals surface area contributed by atoms with Gasteiger partial charge >= 0.3 is 24.2 Å². The average Bonchev–Trinajstić information content (AvgIpc) is 4.18. The number of carbonyl (C=O) groups is 6. The van der Waals surface area contributed by atoms with E-state index < -0.39 is 11.2 Å². The number of anilines is 2. The number of carbonyl (C=O) groups excluding carboxylic acids is 6. The highest BCUT2D eigenvalue weighted by atomic mass is 127. The van der Waals surface area contributed by atoms with Gasteiger partial charge in [0.2, 0.25) is 11.8 Å². The van der Waals surface area contributed by atoms with Gasteiger partial charge in [0.15, 0.2) is 0 Å². The zero-order valence-corrected chi connectivity index (χ0v) is 47.1. The molecule has 74 heavy (non-hydrogen) atoms. The number of hydrogen-bond donors (Lipinski definition) is 1. The fourth-order valence-corrected chi connectivity index (χ4v) is 10.5. The topological polar surface area (TPSA) is 185 Å². The number of ether oxygens (including phenoxy) is 2. The molecule has 21 heteroatoms. The van der Waals surface area contributed by atoms with Crippen molar-refractivity contribution in [3.63, 3.8) is 0 Å². The second-order valence-electron chi connectivity index (χ2n) is 21.1. The van der Waals surface area contributed by atoms with Crippen molar-refractivity contribution in [2.45, 2.75) is 125 Å². The number of aromatic nitrogens is 4. The molecule has 8 rings (SSSR count). The van der Waals surface area contributed by atoms with Gasteiger partial charge in [-0.1, -0.05) is 89.6 Å². The Morgan fingerprint density at radius 2 is 1.03 bits per heavy atom. The zero-order valence-electron chi connectivity index (χ0n) is 43.4. The summed E-state index contributed by atoms with van der Waals surface area (Å²) in [5.41, 5.74) is 1.60. The van der Waals surface area contributed by atoms with Gasteiger partial charge in [0.1, 0.15) is 11.2 Å². The predicted molar refractivity (Wildman–Crippen MR) is 296 cm³/mol. The van der Waals surface area contributed by atoms with Gasteiger partial charge in [-0.15, -0.1) is 0 Å². The van der Waals surface area contributed by atoms with Crippen LogP contribution in [0.15, 0.2) is 73.3 Å². The van der Waals surface area contributed by atoms with E-state index in [1.165, 1.54) is 46.7 Å². The summed E-state index contributed by atoms with van der Waals surface area (Å²) in [7, 11) is 1.65. The number of halogens is 3. The molecule has 0 bridgehead atoms. The van der Waals surface area contributed by atoms with E-state index in [9.17, 15) is 28.8 Å². The van der Waals surface area contributed by atoms with Gasteiger partial charge in [-0.25, -0.2) is 19.2 Å². The number of rotatable bonds is 8. The predicted octanol–water partition coefficient (Wildman–Crippen LogP) is 10.9. The molecule has 2 aliphatic carbocycles. The Hall–Kier alpha value is -5.41. The second kappa shape index (κ2) is 25.4. The van der Waals surface area contributed by atoms with Crippen LogP contribution in [-0.4, -0.2) is 137 Å². The van der Waals surface area contributed by atoms with E-state index in [4.69, 9.17) is 32.7 Å². The highest BCUT2D eigenvalue weighted by Gasteiger charge is 2.48. The van der Waals surface area contributed by atoms with Crippen LogP contribution in [0.5, 0.6) is 0 Å². The van der Waals surface area contributed by atoms with Crippen molar-refractivity contribution in [3.05, 3.63) is 94.5 Å². The molecule has 1 N–H and O–H groups in total. The van der Waals surface area contributed by atoms with Crippen molar-refractivity contribution in [2.75, 3.05) is 48.4 Å². The summed E-state index contributed by atoms with van der Waals surface area (Å²) in [5, 5.41) is 12.1. The first kappa shape index (κ1) is 59.5. The molecule has 2 saturated carbocycles. The Balaban J connectivity index is 0.000000262. The summed E-state index contributed by atoms with van der Waals surface area (Å²) in [6.07, 6.45) is 8.52. The highest BCUT2D eigenvalue weighted by molar-refractivity contribution is 14.1. The van der Waals surface area contributed by atoms with Crippen molar-refractivity contribution >= 4 is 93.2 Å². The van der Waals surface area contributed by atoms with Crippen molar-refractivity contribution in [1.29, 1.82) is 0 Å². The maximum absolute atomic E-state index is 13.2. The Morgan fingerprint density at radius 3 is 1.39 bits per heavy atom. The third-order valence-corrected chi connectivity index (χ3v) is 14.2. The van der Waals surface area contributed by atoms with Crippen LogP contribution < -0.4 is 10.2 Å². The van der Waals surface area contributed by atoms with Crippen molar-refractivity contribution in [2.24, 2.45) is 23.7 Å². The molecule has 4 aromatic rings. The molecule has 4 heterocycles. The molecule has 0 spiro atoms. The van der Waals surface area contributed by atoms with Crippen LogP contribution in [0.1, 0.15) is 99.6 Å². The minimum Gasteiger partial charge on any atom is -0.444 e. The van der Waals surface area contributed by atoms with Gasteiger partial charge in [0, 0.05) is 69.2 Å². The van der Waals surface area contributed by atoms with Crippen LogP contribution >= 0.6 is 45.8 Å². The molecular formula is C53H73Cl2IN10O8. The van der Waals surface area contributed by atoms with Crippen LogP contribution in [0.3, 0.4) is 0 Å². The van der Waals surface area contributed by atoms with Gasteiger partial charge < -0.3 is 39.3 Å². The number of nitrogens with zero attached hydrogens (tertiary/aromatic N) is 9. The number of likely N-dealkylation sites (tertiary alicyclic amines) is 2. The molecule has 4 aliphatic rings. The SMILES string of the molecule is C.CC(=O)N(C)c1cnn(C(=O)N2C[C@H]3CC(N(Cc4ccccc4Cl)C(=O)OC(C)(C)C)C[C@H]3C2)c1.CC(=O)Nc1cnn(C(=O)N2C[C@H]3CC(N(Cc4ccccc4Cl)C(=O)OC(C)(C)C)C[C@H]3C2)c1.CI. The first-order valence-corrected chi connectivity index (χ1v) is 27.4. The number of amides is 6. The molecular weight excluding hydrogens is 1100 g/mol. The second-order valence-corrected chi connectivity index (χ2v) is 22.0. The maximum atomic E-state index is 13.2. The number of hydrogen-bond acceptors (Lipinski definition) is 10. The number of fused-ring (bicyclic) bond motifs is 2. The molecule has 2 saturated heterocycles. The minimum absolute atomic E-state index is 0. The molecule has 0 radical (unpaired) electrons. The lowest BCUT2D eigenvalue weighted by atomic mass is 10.0. The zero-order chi connectivity index (χ0) is 53.5. The summed E-state index contributed by atoms with van der Waals surface area (Å²) in [6.45, 7) is 17.2. The molecule has 2 aromatic carbocycles. The van der Waals surface area contributed by atoms with Crippen LogP contribution in [0.4, 0.5) is 30.6 Å². The van der Waals surface area contributed by atoms with E-state index in [0.29, 0.717) is 60.7 Å². The quantitative estimate of drug-likeness (QED) is 0.131. The lowest BCUT2D eigenvalue weighted by molar-refractivity contribution is -0.116. The Bertz CT molecular complexity index is 2590. The van der Waals surface area contributed by atoms with Gasteiger partial charge in [-0.2, -0.15) is 19.6 Å². The summed E-state index contributed by atoms with van der Waals surface area (Å²) in [5.74, 6) is 0.784. The van der Waals surface area contributed by atoms with E-state index in [0.717, 1.165) is 36.8 Å². The molecule has 6 atom stereocenters. The van der Waals surface area contributed by atoms with Crippen molar-refractivity contribution in [3.8, 4) is 0 Å². The van der Waals surface area contributed by atoms with Crippen molar-refractivity contribution < 1.29 is 38.2 Å². The standard InChI is InChI=1S/C26H34ClN5O4.C25H32ClN5O4.CH3I.CH4/c1-17(33)29(5)22-12-28-32(16-22)24(34)30-13-19-10-21(11-20(19)14-30)31(25(35)36-26(2,3)4)15-18-8-6-7-9-23(18)27;1-16(32)28-20-11-27-31(15-20)23(33)29-12-18-9-21(10-19(18)13-29)30(24(34)35-25(2,3)4)14-17-7-5-6-8-22(17)26;1-2;/h6-9,12,16,19-21H,10-11,13-15H2,1-5H3;5-8,11,15,18-19,21H,9-10,12-14H2,1-4H3,(H,28,32);1H3;1H4/t19-,20+,21?;18-,19+,21?;;. The highest BCUT2D eigenvalue weighted by Crippen LogP contribution is 2.43. The van der Waals surface area contributed by atoms with Gasteiger partial charge in [-0.3, -0.25) is 9.59 Å². The van der Waals surface area contributed by atoms with E-state index in [1.54, 1.807) is 27.9 Å². The van der Waals surface area contributed by atoms with Crippen LogP contribution in [0, 0.1) is 23.7 Å². The Morgan fingerprint density at radius 1 is 0.649 bits per heavy atom. The molecule has 2 aliphatic heterocycles. The monoisotopic (exact) mass is 1170 g/mol. The fourth-order valence-electron chi connectivity index (χ4n) is 10.1. The number of nitrogens with one attached hydrogen (secondary N) is 1. The number of alkyl halides is 1. The van der Waals surface area contributed by atoms with Gasteiger partial charge in [-0.05, 0) is 119 Å². The largest absolute Gasteiger partial charge is 0.444 e. The smallest absolute Gasteiger partial charge is 0.410 e. The minimum atomic E-state index is -0.605. The summed E-state index contributed by atoms with van der Waals surface area (Å²) >= 11 is 15.0. The average molecular weight is 1180 g/mol. The first-order chi connectivity index (χ1) is 34.4. The lowest BCUT2D eigenvalue weighted by Crippen LogP contribution is -2.43. The summed E-state index contributed by atoms with van der Waals surface area (Å²) < 4.78 is 14.0. The third kappa shape index (κ3) is 15.4. The van der Waals surface area contributed by atoms with Gasteiger partial charge in [0.25, 0.3) is 0 Å². The van der Waals surface area contributed by atoms with Gasteiger partial charge in [0.05, 0.1) is 49.3 Å². The Kier molecular flexibility index (Phi) is 20.4. The molecule has 2 unspecified atom stereocenters. The van der Waals surface area contributed by atoms with E-state index in [1.807, 2.05) is 99.9 Å². The van der Waals surface area contributed by atoms with Crippen LogP contribution in [-0.2, 0) is 32.2 Å². The third-order valence-electron chi connectivity index (χ3n) is 13.5. The summed E-state index contributed by atoms with van der Waals surface area (Å²) in [4.78, 5) is 85.8. The molecule has 6 amide bonds. The van der Waals surface area contributed by atoms with E-state index >= 15 is 0 Å². The normalized spacial score (nSPS) is 20.6.